The molecule has 1 unspecified atom stereocenters. The van der Waals surface area contributed by atoms with Gasteiger partial charge in [-0.05, 0) is 37.4 Å². The monoisotopic (exact) mass is 219 g/mol. The first-order chi connectivity index (χ1) is 7.74. The summed E-state index contributed by atoms with van der Waals surface area (Å²) < 4.78 is 0. The van der Waals surface area contributed by atoms with Gasteiger partial charge in [0.05, 0.1) is 11.9 Å². The molecule has 16 heavy (non-hydrogen) atoms. The van der Waals surface area contributed by atoms with E-state index in [0.717, 1.165) is 30.3 Å². The van der Waals surface area contributed by atoms with Crippen molar-refractivity contribution in [2.45, 2.75) is 26.2 Å². The molecule has 0 amide bonds. The SMILES string of the molecule is CC1CCCN(CCc2ccc(N)cn2)C1. The normalized spacial score (nSPS) is 22.2. The summed E-state index contributed by atoms with van der Waals surface area (Å²) in [6, 6.07) is 3.96. The minimum absolute atomic E-state index is 0.746. The van der Waals surface area contributed by atoms with E-state index in [9.17, 15) is 0 Å². The minimum atomic E-state index is 0.746. The van der Waals surface area contributed by atoms with Gasteiger partial charge in [-0.1, -0.05) is 6.92 Å². The second-order valence-corrected chi connectivity index (χ2v) is 4.88. The highest BCUT2D eigenvalue weighted by Crippen LogP contribution is 2.15. The van der Waals surface area contributed by atoms with Crippen molar-refractivity contribution in [2.75, 3.05) is 25.4 Å². The van der Waals surface area contributed by atoms with E-state index < -0.39 is 0 Å². The van der Waals surface area contributed by atoms with E-state index in [1.165, 1.54) is 25.9 Å². The van der Waals surface area contributed by atoms with E-state index in [1.807, 2.05) is 12.1 Å². The molecule has 1 aliphatic heterocycles. The average molecular weight is 219 g/mol. The van der Waals surface area contributed by atoms with E-state index in [0.29, 0.717) is 0 Å². The molecule has 0 spiro atoms. The fraction of sp³-hybridized carbons (Fsp3) is 0.615. The summed E-state index contributed by atoms with van der Waals surface area (Å²) in [4.78, 5) is 6.88. The highest BCUT2D eigenvalue weighted by Gasteiger charge is 2.15. The fourth-order valence-electron chi connectivity index (χ4n) is 2.35. The van der Waals surface area contributed by atoms with Gasteiger partial charge >= 0.3 is 0 Å². The molecule has 0 aliphatic carbocycles. The van der Waals surface area contributed by atoms with Crippen molar-refractivity contribution in [3.05, 3.63) is 24.0 Å². The molecule has 3 nitrogen and oxygen atoms in total. The zero-order valence-corrected chi connectivity index (χ0v) is 10.0. The molecule has 1 aliphatic rings. The fourth-order valence-corrected chi connectivity index (χ4v) is 2.35. The first-order valence-corrected chi connectivity index (χ1v) is 6.17. The first kappa shape index (κ1) is 11.4. The quantitative estimate of drug-likeness (QED) is 0.844. The zero-order valence-electron chi connectivity index (χ0n) is 10.0. The summed E-state index contributed by atoms with van der Waals surface area (Å²) in [5, 5.41) is 0. The molecule has 0 bridgehead atoms. The number of aromatic nitrogens is 1. The zero-order chi connectivity index (χ0) is 11.4. The Labute approximate surface area is 97.7 Å². The average Bonchev–Trinajstić information content (AvgIpc) is 2.28. The second-order valence-electron chi connectivity index (χ2n) is 4.88. The number of likely N-dealkylation sites (tertiary alicyclic amines) is 1. The lowest BCUT2D eigenvalue weighted by molar-refractivity contribution is 0.185. The molecule has 0 aromatic carbocycles. The van der Waals surface area contributed by atoms with Crippen LogP contribution in [0.3, 0.4) is 0 Å². The molecular formula is C13H21N3. The Morgan fingerprint density at radius 2 is 2.38 bits per heavy atom. The van der Waals surface area contributed by atoms with E-state index >= 15 is 0 Å². The van der Waals surface area contributed by atoms with Gasteiger partial charge in [-0.25, -0.2) is 0 Å². The van der Waals surface area contributed by atoms with Crippen molar-refractivity contribution in [1.29, 1.82) is 0 Å². The van der Waals surface area contributed by atoms with Gasteiger partial charge in [0.15, 0.2) is 0 Å². The predicted molar refractivity (Wildman–Crippen MR) is 67.2 cm³/mol. The molecule has 88 valence electrons. The maximum atomic E-state index is 5.61. The Kier molecular flexibility index (Phi) is 3.78. The molecule has 0 radical (unpaired) electrons. The molecule has 1 saturated heterocycles. The van der Waals surface area contributed by atoms with E-state index in [2.05, 4.69) is 16.8 Å². The molecule has 2 rings (SSSR count). The van der Waals surface area contributed by atoms with Crippen molar-refractivity contribution < 1.29 is 0 Å². The number of nitrogens with zero attached hydrogens (tertiary/aromatic N) is 2. The molecule has 2 N–H and O–H groups in total. The Balaban J connectivity index is 1.80. The summed E-state index contributed by atoms with van der Waals surface area (Å²) in [6.07, 6.45) is 5.51. The topological polar surface area (TPSA) is 42.1 Å². The summed E-state index contributed by atoms with van der Waals surface area (Å²) in [7, 11) is 0. The standard InChI is InChI=1S/C13H21N3/c1-11-3-2-7-16(10-11)8-6-13-5-4-12(14)9-15-13/h4-5,9,11H,2-3,6-8,10,14H2,1H3. The number of piperidine rings is 1. The molecule has 1 aromatic rings. The number of hydrogen-bond donors (Lipinski definition) is 1. The van der Waals surface area contributed by atoms with Gasteiger partial charge in [0.25, 0.3) is 0 Å². The van der Waals surface area contributed by atoms with Crippen molar-refractivity contribution in [3.63, 3.8) is 0 Å². The molecule has 1 fully saturated rings. The van der Waals surface area contributed by atoms with Crippen LogP contribution in [0, 0.1) is 5.92 Å². The maximum absolute atomic E-state index is 5.61. The number of pyridine rings is 1. The van der Waals surface area contributed by atoms with Gasteiger partial charge in [0.2, 0.25) is 0 Å². The van der Waals surface area contributed by atoms with Crippen LogP contribution in [0.2, 0.25) is 0 Å². The summed E-state index contributed by atoms with van der Waals surface area (Å²) in [5.74, 6) is 0.855. The summed E-state index contributed by atoms with van der Waals surface area (Å²) in [6.45, 7) is 5.96. The highest BCUT2D eigenvalue weighted by atomic mass is 15.1. The van der Waals surface area contributed by atoms with Crippen molar-refractivity contribution in [2.24, 2.45) is 5.92 Å². The highest BCUT2D eigenvalue weighted by molar-refractivity contribution is 5.34. The molecule has 3 heteroatoms. The Morgan fingerprint density at radius 1 is 1.50 bits per heavy atom. The number of anilines is 1. The van der Waals surface area contributed by atoms with Crippen LogP contribution >= 0.6 is 0 Å². The van der Waals surface area contributed by atoms with Gasteiger partial charge < -0.3 is 10.6 Å². The van der Waals surface area contributed by atoms with Crippen LogP contribution in [0.4, 0.5) is 5.69 Å². The van der Waals surface area contributed by atoms with Crippen LogP contribution in [0.25, 0.3) is 0 Å². The van der Waals surface area contributed by atoms with E-state index in [1.54, 1.807) is 6.20 Å². The lowest BCUT2D eigenvalue weighted by Gasteiger charge is -2.30. The van der Waals surface area contributed by atoms with Crippen LogP contribution in [0.5, 0.6) is 0 Å². The molecule has 0 saturated carbocycles. The predicted octanol–water partition coefficient (Wildman–Crippen LogP) is 1.94. The Morgan fingerprint density at radius 3 is 3.06 bits per heavy atom. The third-order valence-electron chi connectivity index (χ3n) is 3.27. The Bertz CT molecular complexity index is 320. The van der Waals surface area contributed by atoms with Crippen LogP contribution in [0.1, 0.15) is 25.5 Å². The maximum Gasteiger partial charge on any atom is 0.0501 e. The van der Waals surface area contributed by atoms with Crippen molar-refractivity contribution in [3.8, 4) is 0 Å². The van der Waals surface area contributed by atoms with Gasteiger partial charge in [0, 0.05) is 25.2 Å². The molecule has 1 atom stereocenters. The number of hydrogen-bond acceptors (Lipinski definition) is 3. The first-order valence-electron chi connectivity index (χ1n) is 6.17. The van der Waals surface area contributed by atoms with Crippen LogP contribution < -0.4 is 5.73 Å². The summed E-state index contributed by atoms with van der Waals surface area (Å²) in [5.41, 5.74) is 7.50. The minimum Gasteiger partial charge on any atom is -0.397 e. The Hall–Kier alpha value is -1.09. The number of rotatable bonds is 3. The largest absolute Gasteiger partial charge is 0.397 e. The van der Waals surface area contributed by atoms with Gasteiger partial charge in [-0.3, -0.25) is 4.98 Å². The van der Waals surface area contributed by atoms with Crippen LogP contribution in [-0.2, 0) is 6.42 Å². The number of nitrogen functional groups attached to an aromatic ring is 1. The van der Waals surface area contributed by atoms with Crippen LogP contribution in [0.15, 0.2) is 18.3 Å². The lowest BCUT2D eigenvalue weighted by Crippen LogP contribution is -2.35. The lowest BCUT2D eigenvalue weighted by atomic mass is 10.0. The van der Waals surface area contributed by atoms with Crippen molar-refractivity contribution >= 4 is 5.69 Å². The van der Waals surface area contributed by atoms with E-state index in [4.69, 9.17) is 5.73 Å². The van der Waals surface area contributed by atoms with Gasteiger partial charge in [-0.2, -0.15) is 0 Å². The summed E-state index contributed by atoms with van der Waals surface area (Å²) >= 11 is 0. The second kappa shape index (κ2) is 5.30. The third kappa shape index (κ3) is 3.20. The number of nitrogens with two attached hydrogens (primary N) is 1. The van der Waals surface area contributed by atoms with E-state index in [-0.39, 0.29) is 0 Å². The molecule has 2 heterocycles. The molecule has 1 aromatic heterocycles. The molecular weight excluding hydrogens is 198 g/mol. The third-order valence-corrected chi connectivity index (χ3v) is 3.27. The smallest absolute Gasteiger partial charge is 0.0501 e. The van der Waals surface area contributed by atoms with Crippen LogP contribution in [-0.4, -0.2) is 29.5 Å². The van der Waals surface area contributed by atoms with Gasteiger partial charge in [0.1, 0.15) is 0 Å². The van der Waals surface area contributed by atoms with Gasteiger partial charge in [-0.15, -0.1) is 0 Å². The van der Waals surface area contributed by atoms with Crippen molar-refractivity contribution in [1.82, 2.24) is 9.88 Å².